The Balaban J connectivity index is 1.47. The zero-order valence-electron chi connectivity index (χ0n) is 19.2. The lowest BCUT2D eigenvalue weighted by molar-refractivity contribution is -0.121. The quantitative estimate of drug-likeness (QED) is 0.414. The van der Waals surface area contributed by atoms with E-state index in [9.17, 15) is 9.59 Å². The predicted octanol–water partition coefficient (Wildman–Crippen LogP) is 3.75. The van der Waals surface area contributed by atoms with Crippen molar-refractivity contribution < 1.29 is 14.3 Å². The van der Waals surface area contributed by atoms with Crippen LogP contribution in [0.1, 0.15) is 23.5 Å². The summed E-state index contributed by atoms with van der Waals surface area (Å²) in [6.07, 6.45) is 2.28. The average Bonchev–Trinajstić information content (AvgIpc) is 2.88. The molecule has 0 spiro atoms. The maximum atomic E-state index is 13.0. The molecule has 0 atom stereocenters. The molecule has 4 aromatic rings. The standard InChI is InChI=1S/C27H27N3O4/c1-33-23-14-13-21-17-29-30(27(32)25(21)26(23)34-2)18-24(31)28-16-15-22(19-9-5-3-6-10-19)20-11-7-4-8-12-20/h3-14,17,22H,15-16,18H2,1-2H3,(H,28,31). The predicted molar refractivity (Wildman–Crippen MR) is 131 cm³/mol. The fourth-order valence-corrected chi connectivity index (χ4v) is 4.14. The van der Waals surface area contributed by atoms with Crippen molar-refractivity contribution in [1.82, 2.24) is 15.1 Å². The lowest BCUT2D eigenvalue weighted by Crippen LogP contribution is -2.34. The molecule has 0 saturated heterocycles. The van der Waals surface area contributed by atoms with Crippen molar-refractivity contribution in [3.63, 3.8) is 0 Å². The Morgan fingerprint density at radius 2 is 1.59 bits per heavy atom. The first-order valence-corrected chi connectivity index (χ1v) is 11.1. The molecular weight excluding hydrogens is 430 g/mol. The van der Waals surface area contributed by atoms with Gasteiger partial charge in [0.2, 0.25) is 5.91 Å². The summed E-state index contributed by atoms with van der Waals surface area (Å²) >= 11 is 0. The van der Waals surface area contributed by atoms with E-state index in [0.717, 1.165) is 11.1 Å². The van der Waals surface area contributed by atoms with Gasteiger partial charge in [-0.2, -0.15) is 5.10 Å². The summed E-state index contributed by atoms with van der Waals surface area (Å²) in [7, 11) is 2.99. The zero-order valence-corrected chi connectivity index (χ0v) is 19.2. The number of benzene rings is 3. The van der Waals surface area contributed by atoms with Crippen molar-refractivity contribution in [1.29, 1.82) is 0 Å². The molecule has 34 heavy (non-hydrogen) atoms. The Bertz CT molecular complexity index is 1280. The molecule has 174 valence electrons. The van der Waals surface area contributed by atoms with Crippen LogP contribution in [0.15, 0.2) is 83.8 Å². The second-order valence-corrected chi connectivity index (χ2v) is 7.89. The van der Waals surface area contributed by atoms with Gasteiger partial charge >= 0.3 is 0 Å². The molecule has 7 heteroatoms. The molecule has 0 radical (unpaired) electrons. The van der Waals surface area contributed by atoms with Gasteiger partial charge in [0.15, 0.2) is 11.5 Å². The summed E-state index contributed by atoms with van der Waals surface area (Å²) < 4.78 is 11.8. The third kappa shape index (κ3) is 4.93. The van der Waals surface area contributed by atoms with Crippen molar-refractivity contribution in [2.24, 2.45) is 0 Å². The molecule has 1 amide bonds. The van der Waals surface area contributed by atoms with E-state index in [4.69, 9.17) is 9.47 Å². The minimum atomic E-state index is -0.408. The van der Waals surface area contributed by atoms with Crippen LogP contribution in [-0.4, -0.2) is 36.5 Å². The molecule has 0 saturated carbocycles. The number of nitrogens with zero attached hydrogens (tertiary/aromatic N) is 2. The van der Waals surface area contributed by atoms with Gasteiger partial charge in [-0.1, -0.05) is 60.7 Å². The summed E-state index contributed by atoms with van der Waals surface area (Å²) in [5.74, 6) is 0.647. The van der Waals surface area contributed by atoms with Crippen LogP contribution in [0, 0.1) is 0 Å². The lowest BCUT2D eigenvalue weighted by Gasteiger charge is -2.18. The van der Waals surface area contributed by atoms with E-state index in [1.165, 1.54) is 25.3 Å². The highest BCUT2D eigenvalue weighted by atomic mass is 16.5. The largest absolute Gasteiger partial charge is 0.493 e. The average molecular weight is 458 g/mol. The second-order valence-electron chi connectivity index (χ2n) is 7.89. The fourth-order valence-electron chi connectivity index (χ4n) is 4.14. The molecule has 0 fully saturated rings. The van der Waals surface area contributed by atoms with Crippen LogP contribution in [0.5, 0.6) is 11.5 Å². The van der Waals surface area contributed by atoms with Crippen LogP contribution in [0.2, 0.25) is 0 Å². The van der Waals surface area contributed by atoms with E-state index in [1.807, 2.05) is 36.4 Å². The molecule has 0 aliphatic heterocycles. The van der Waals surface area contributed by atoms with E-state index in [2.05, 4.69) is 34.7 Å². The third-order valence-corrected chi connectivity index (χ3v) is 5.81. The topological polar surface area (TPSA) is 82.5 Å². The highest BCUT2D eigenvalue weighted by Gasteiger charge is 2.17. The number of nitrogens with one attached hydrogen (secondary N) is 1. The van der Waals surface area contributed by atoms with Crippen molar-refractivity contribution in [3.05, 3.63) is 100 Å². The van der Waals surface area contributed by atoms with E-state index >= 15 is 0 Å². The van der Waals surface area contributed by atoms with Crippen LogP contribution in [0.3, 0.4) is 0 Å². The van der Waals surface area contributed by atoms with Crippen molar-refractivity contribution in [2.75, 3.05) is 20.8 Å². The van der Waals surface area contributed by atoms with Crippen molar-refractivity contribution in [2.45, 2.75) is 18.9 Å². The third-order valence-electron chi connectivity index (χ3n) is 5.81. The Kier molecular flexibility index (Phi) is 7.22. The zero-order chi connectivity index (χ0) is 23.9. The summed E-state index contributed by atoms with van der Waals surface area (Å²) in [5, 5.41) is 8.05. The smallest absolute Gasteiger partial charge is 0.279 e. The molecule has 0 unspecified atom stereocenters. The summed E-state index contributed by atoms with van der Waals surface area (Å²) in [6.45, 7) is 0.281. The maximum absolute atomic E-state index is 13.0. The Hall–Kier alpha value is -4.13. The first kappa shape index (κ1) is 23.0. The number of rotatable bonds is 9. The molecule has 0 bridgehead atoms. The minimum Gasteiger partial charge on any atom is -0.493 e. The summed E-state index contributed by atoms with van der Waals surface area (Å²) in [4.78, 5) is 25.7. The fraction of sp³-hybridized carbons (Fsp3) is 0.222. The van der Waals surface area contributed by atoms with Crippen LogP contribution in [-0.2, 0) is 11.3 Å². The van der Waals surface area contributed by atoms with Gasteiger partial charge in [-0.15, -0.1) is 0 Å². The van der Waals surface area contributed by atoms with E-state index in [1.54, 1.807) is 18.3 Å². The summed E-state index contributed by atoms with van der Waals surface area (Å²) in [6, 6.07) is 23.9. The van der Waals surface area contributed by atoms with Gasteiger partial charge in [0.05, 0.1) is 25.8 Å². The summed E-state index contributed by atoms with van der Waals surface area (Å²) in [5.41, 5.74) is 1.97. The maximum Gasteiger partial charge on any atom is 0.279 e. The Labute approximate surface area is 197 Å². The SMILES string of the molecule is COc1ccc2cnn(CC(=O)NCCC(c3ccccc3)c3ccccc3)c(=O)c2c1OC. The van der Waals surface area contributed by atoms with Crippen LogP contribution in [0.25, 0.3) is 10.8 Å². The normalized spacial score (nSPS) is 10.9. The number of carbonyl (C=O) groups excluding carboxylic acids is 1. The van der Waals surface area contributed by atoms with Crippen molar-refractivity contribution >= 4 is 16.7 Å². The van der Waals surface area contributed by atoms with Gasteiger partial charge in [0.1, 0.15) is 6.54 Å². The van der Waals surface area contributed by atoms with Gasteiger partial charge in [-0.3, -0.25) is 9.59 Å². The Morgan fingerprint density at radius 1 is 0.941 bits per heavy atom. The Morgan fingerprint density at radius 3 is 2.18 bits per heavy atom. The molecular formula is C27H27N3O4. The molecule has 1 heterocycles. The number of hydrogen-bond donors (Lipinski definition) is 1. The highest BCUT2D eigenvalue weighted by Crippen LogP contribution is 2.32. The molecule has 3 aromatic carbocycles. The number of aromatic nitrogens is 2. The van der Waals surface area contributed by atoms with E-state index in [0.29, 0.717) is 28.8 Å². The van der Waals surface area contributed by atoms with Crippen LogP contribution < -0.4 is 20.3 Å². The number of carbonyl (C=O) groups is 1. The van der Waals surface area contributed by atoms with Crippen LogP contribution in [0.4, 0.5) is 0 Å². The van der Waals surface area contributed by atoms with Gasteiger partial charge in [-0.25, -0.2) is 4.68 Å². The van der Waals surface area contributed by atoms with E-state index < -0.39 is 5.56 Å². The number of fused-ring (bicyclic) bond motifs is 1. The number of ether oxygens (including phenoxy) is 2. The van der Waals surface area contributed by atoms with Gasteiger partial charge in [-0.05, 0) is 29.7 Å². The van der Waals surface area contributed by atoms with Gasteiger partial charge in [0.25, 0.3) is 5.56 Å². The molecule has 1 aromatic heterocycles. The van der Waals surface area contributed by atoms with Crippen molar-refractivity contribution in [3.8, 4) is 11.5 Å². The van der Waals surface area contributed by atoms with E-state index in [-0.39, 0.29) is 18.4 Å². The second kappa shape index (κ2) is 10.7. The van der Waals surface area contributed by atoms with Crippen LogP contribution >= 0.6 is 0 Å². The van der Waals surface area contributed by atoms with Gasteiger partial charge < -0.3 is 14.8 Å². The lowest BCUT2D eigenvalue weighted by atomic mass is 9.88. The van der Waals surface area contributed by atoms with Gasteiger partial charge in [0, 0.05) is 17.8 Å². The number of amides is 1. The molecule has 4 rings (SSSR count). The first-order chi connectivity index (χ1) is 16.6. The molecule has 7 nitrogen and oxygen atoms in total. The molecule has 0 aliphatic rings. The minimum absolute atomic E-state index is 0.154. The number of hydrogen-bond acceptors (Lipinski definition) is 5. The first-order valence-electron chi connectivity index (χ1n) is 11.1. The highest BCUT2D eigenvalue weighted by molar-refractivity contribution is 5.89. The number of methoxy groups -OCH3 is 2. The molecule has 1 N–H and O–H groups in total. The molecule has 0 aliphatic carbocycles. The monoisotopic (exact) mass is 457 g/mol.